The predicted octanol–water partition coefficient (Wildman–Crippen LogP) is 4.14. The molecule has 0 aromatic heterocycles. The number of likely N-dealkylation sites (N-methyl/N-ethyl adjacent to an activating group) is 1. The van der Waals surface area contributed by atoms with Gasteiger partial charge in [-0.2, -0.15) is 13.2 Å². The molecule has 1 N–H and O–H groups in total. The number of rotatable bonds is 7. The minimum absolute atomic E-state index is 0.0641. The van der Waals surface area contributed by atoms with Gasteiger partial charge in [-0.25, -0.2) is 0 Å². The van der Waals surface area contributed by atoms with Crippen molar-refractivity contribution in [1.82, 2.24) is 10.2 Å². The van der Waals surface area contributed by atoms with Crippen LogP contribution in [0.1, 0.15) is 43.2 Å². The normalized spacial score (nSPS) is 15.2. The number of nitrogens with one attached hydrogen (secondary N) is 1. The fourth-order valence-corrected chi connectivity index (χ4v) is 2.96. The van der Waals surface area contributed by atoms with Crippen molar-refractivity contribution < 1.29 is 18.0 Å². The maximum Gasteiger partial charge on any atom is 0.416 e. The standard InChI is InChI=1S/C19H25F3N2O/c1-24(13-16-7-9-17(10-8-16)19(20,21)22)14-18(25)23-12-11-15-5-3-2-4-6-15/h5,7-10H,2-4,6,11-14H2,1H3,(H,23,25). The number of nitrogens with zero attached hydrogens (tertiary/aromatic N) is 1. The van der Waals surface area contributed by atoms with Crippen molar-refractivity contribution >= 4 is 5.91 Å². The second-order valence-electron chi connectivity index (χ2n) is 6.58. The maximum absolute atomic E-state index is 12.5. The zero-order valence-corrected chi connectivity index (χ0v) is 14.5. The largest absolute Gasteiger partial charge is 0.416 e. The third kappa shape index (κ3) is 6.90. The summed E-state index contributed by atoms with van der Waals surface area (Å²) in [5.41, 5.74) is 1.51. The summed E-state index contributed by atoms with van der Waals surface area (Å²) >= 11 is 0. The lowest BCUT2D eigenvalue weighted by Crippen LogP contribution is -2.35. The van der Waals surface area contributed by atoms with E-state index in [-0.39, 0.29) is 12.5 Å². The highest BCUT2D eigenvalue weighted by atomic mass is 19.4. The van der Waals surface area contributed by atoms with Crippen LogP contribution in [0.4, 0.5) is 13.2 Å². The van der Waals surface area contributed by atoms with E-state index < -0.39 is 11.7 Å². The number of carbonyl (C=O) groups is 1. The molecule has 138 valence electrons. The maximum atomic E-state index is 12.5. The van der Waals surface area contributed by atoms with E-state index >= 15 is 0 Å². The monoisotopic (exact) mass is 354 g/mol. The van der Waals surface area contributed by atoms with Gasteiger partial charge in [-0.05, 0) is 56.8 Å². The van der Waals surface area contributed by atoms with Gasteiger partial charge in [0.2, 0.25) is 5.91 Å². The van der Waals surface area contributed by atoms with Gasteiger partial charge in [-0.3, -0.25) is 9.69 Å². The summed E-state index contributed by atoms with van der Waals surface area (Å²) < 4.78 is 37.6. The number of carbonyl (C=O) groups excluding carboxylic acids is 1. The molecule has 0 saturated heterocycles. The van der Waals surface area contributed by atoms with Crippen LogP contribution in [-0.4, -0.2) is 30.9 Å². The first-order chi connectivity index (χ1) is 11.8. The second-order valence-corrected chi connectivity index (χ2v) is 6.58. The molecule has 0 fully saturated rings. The molecule has 0 atom stereocenters. The molecule has 1 aromatic carbocycles. The molecular formula is C19H25F3N2O. The molecule has 0 bridgehead atoms. The summed E-state index contributed by atoms with van der Waals surface area (Å²) in [4.78, 5) is 13.7. The van der Waals surface area contributed by atoms with E-state index in [4.69, 9.17) is 0 Å². The summed E-state index contributed by atoms with van der Waals surface area (Å²) in [6.45, 7) is 1.29. The molecule has 0 unspecified atom stereocenters. The molecule has 0 saturated carbocycles. The molecule has 3 nitrogen and oxygen atoms in total. The first-order valence-corrected chi connectivity index (χ1v) is 8.64. The highest BCUT2D eigenvalue weighted by Gasteiger charge is 2.29. The van der Waals surface area contributed by atoms with Gasteiger partial charge >= 0.3 is 6.18 Å². The Morgan fingerprint density at radius 2 is 1.92 bits per heavy atom. The number of benzene rings is 1. The molecule has 0 aliphatic heterocycles. The number of allylic oxidation sites excluding steroid dienone is 1. The molecule has 1 aromatic rings. The lowest BCUT2D eigenvalue weighted by atomic mass is 9.97. The quantitative estimate of drug-likeness (QED) is 0.746. The van der Waals surface area contributed by atoms with Gasteiger partial charge < -0.3 is 5.32 Å². The number of amides is 1. The van der Waals surface area contributed by atoms with Crippen molar-refractivity contribution in [2.24, 2.45) is 0 Å². The fourth-order valence-electron chi connectivity index (χ4n) is 2.96. The first kappa shape index (κ1) is 19.5. The smallest absolute Gasteiger partial charge is 0.355 e. The Balaban J connectivity index is 1.71. The molecule has 1 aliphatic rings. The van der Waals surface area contributed by atoms with Crippen molar-refractivity contribution in [2.45, 2.75) is 44.8 Å². The van der Waals surface area contributed by atoms with Crippen molar-refractivity contribution in [3.63, 3.8) is 0 Å². The molecule has 2 rings (SSSR count). The summed E-state index contributed by atoms with van der Waals surface area (Å²) in [7, 11) is 1.78. The Labute approximate surface area is 146 Å². The number of hydrogen-bond donors (Lipinski definition) is 1. The van der Waals surface area contributed by atoms with Crippen LogP contribution in [0.5, 0.6) is 0 Å². The SMILES string of the molecule is CN(CC(=O)NCCC1=CCCCC1)Cc1ccc(C(F)(F)F)cc1. The highest BCUT2D eigenvalue weighted by molar-refractivity contribution is 5.77. The van der Waals surface area contributed by atoms with Gasteiger partial charge in [0.15, 0.2) is 0 Å². The molecule has 0 radical (unpaired) electrons. The topological polar surface area (TPSA) is 32.3 Å². The molecule has 0 heterocycles. The second kappa shape index (κ2) is 9.04. The van der Waals surface area contributed by atoms with Gasteiger partial charge in [0.05, 0.1) is 12.1 Å². The number of alkyl halides is 3. The van der Waals surface area contributed by atoms with Crippen molar-refractivity contribution in [3.8, 4) is 0 Å². The molecular weight excluding hydrogens is 329 g/mol. The van der Waals surface area contributed by atoms with Crippen molar-refractivity contribution in [2.75, 3.05) is 20.1 Å². The Morgan fingerprint density at radius 1 is 1.20 bits per heavy atom. The van der Waals surface area contributed by atoms with E-state index in [1.807, 2.05) is 0 Å². The van der Waals surface area contributed by atoms with Crippen LogP contribution in [0.15, 0.2) is 35.9 Å². The molecule has 0 spiro atoms. The summed E-state index contributed by atoms with van der Waals surface area (Å²) in [6, 6.07) is 5.04. The minimum atomic E-state index is -4.32. The lowest BCUT2D eigenvalue weighted by molar-refractivity contribution is -0.137. The molecule has 1 aliphatic carbocycles. The third-order valence-corrected chi connectivity index (χ3v) is 4.30. The van der Waals surface area contributed by atoms with Crippen molar-refractivity contribution in [3.05, 3.63) is 47.0 Å². The Hall–Kier alpha value is -1.82. The van der Waals surface area contributed by atoms with E-state index in [9.17, 15) is 18.0 Å². The van der Waals surface area contributed by atoms with E-state index in [1.165, 1.54) is 30.5 Å². The zero-order valence-electron chi connectivity index (χ0n) is 14.5. The van der Waals surface area contributed by atoms with E-state index in [0.29, 0.717) is 13.1 Å². The van der Waals surface area contributed by atoms with Crippen LogP contribution in [-0.2, 0) is 17.5 Å². The summed E-state index contributed by atoms with van der Waals surface area (Å²) in [5.74, 6) is -0.0641. The molecule has 1 amide bonds. The van der Waals surface area contributed by atoms with Gasteiger partial charge in [0.1, 0.15) is 0 Å². The molecule has 25 heavy (non-hydrogen) atoms. The Bertz CT molecular complexity index is 594. The predicted molar refractivity (Wildman–Crippen MR) is 92.0 cm³/mol. The Kier molecular flexibility index (Phi) is 7.05. The number of hydrogen-bond acceptors (Lipinski definition) is 2. The first-order valence-electron chi connectivity index (χ1n) is 8.64. The van der Waals surface area contributed by atoms with Gasteiger partial charge in [-0.1, -0.05) is 23.8 Å². The third-order valence-electron chi connectivity index (χ3n) is 4.30. The Morgan fingerprint density at radius 3 is 2.52 bits per heavy atom. The summed E-state index contributed by atoms with van der Waals surface area (Å²) in [5, 5.41) is 2.91. The molecule has 6 heteroatoms. The van der Waals surface area contributed by atoms with E-state index in [0.717, 1.165) is 37.0 Å². The lowest BCUT2D eigenvalue weighted by Gasteiger charge is -2.17. The van der Waals surface area contributed by atoms with Crippen LogP contribution in [0.25, 0.3) is 0 Å². The van der Waals surface area contributed by atoms with Crippen LogP contribution in [0.3, 0.4) is 0 Å². The van der Waals surface area contributed by atoms with Gasteiger partial charge in [-0.15, -0.1) is 0 Å². The van der Waals surface area contributed by atoms with Crippen LogP contribution in [0, 0.1) is 0 Å². The average Bonchev–Trinajstić information content (AvgIpc) is 2.55. The zero-order chi connectivity index (χ0) is 18.3. The van der Waals surface area contributed by atoms with E-state index in [1.54, 1.807) is 11.9 Å². The van der Waals surface area contributed by atoms with Crippen LogP contribution in [0.2, 0.25) is 0 Å². The highest BCUT2D eigenvalue weighted by Crippen LogP contribution is 2.29. The number of halogens is 3. The minimum Gasteiger partial charge on any atom is -0.355 e. The average molecular weight is 354 g/mol. The summed E-state index contributed by atoms with van der Waals surface area (Å²) in [6.07, 6.45) is 3.60. The van der Waals surface area contributed by atoms with Crippen molar-refractivity contribution in [1.29, 1.82) is 0 Å². The fraction of sp³-hybridized carbons (Fsp3) is 0.526. The van der Waals surface area contributed by atoms with Crippen LogP contribution < -0.4 is 5.32 Å². The van der Waals surface area contributed by atoms with Gasteiger partial charge in [0.25, 0.3) is 0 Å². The van der Waals surface area contributed by atoms with Gasteiger partial charge in [0, 0.05) is 13.1 Å². The van der Waals surface area contributed by atoms with E-state index in [2.05, 4.69) is 11.4 Å². The van der Waals surface area contributed by atoms with Crippen LogP contribution >= 0.6 is 0 Å².